The number of halogens is 3. The lowest BCUT2D eigenvalue weighted by molar-refractivity contribution is 0.263. The summed E-state index contributed by atoms with van der Waals surface area (Å²) in [5.41, 5.74) is 1.04. The number of benzene rings is 1. The van der Waals surface area contributed by atoms with Crippen LogP contribution >= 0.6 is 12.4 Å². The predicted octanol–water partition coefficient (Wildman–Crippen LogP) is 3.93. The van der Waals surface area contributed by atoms with E-state index < -0.39 is 11.6 Å². The lowest BCUT2D eigenvalue weighted by Gasteiger charge is -2.11. The first-order chi connectivity index (χ1) is 11.0. The third-order valence-electron chi connectivity index (χ3n) is 3.45. The van der Waals surface area contributed by atoms with Crippen LogP contribution in [0.15, 0.2) is 24.3 Å². The number of nitrogens with one attached hydrogen (secondary N) is 1. The smallest absolute Gasteiger partial charge is 0.212 e. The highest BCUT2D eigenvalue weighted by atomic mass is 35.5. The molecule has 2 rings (SSSR count). The first kappa shape index (κ1) is 20.4. The van der Waals surface area contributed by atoms with Gasteiger partial charge in [-0.2, -0.15) is 5.10 Å². The summed E-state index contributed by atoms with van der Waals surface area (Å²) >= 11 is 0. The Hall–Kier alpha value is -1.66. The topological polar surface area (TPSA) is 39.1 Å². The average molecular weight is 360 g/mol. The Balaban J connectivity index is 0.00000288. The molecule has 0 radical (unpaired) electrons. The van der Waals surface area contributed by atoms with Crippen molar-refractivity contribution in [2.24, 2.45) is 5.92 Å². The van der Waals surface area contributed by atoms with Gasteiger partial charge in [-0.15, -0.1) is 12.4 Å². The number of nitrogens with zero attached hydrogens (tertiary/aromatic N) is 2. The van der Waals surface area contributed by atoms with Crippen LogP contribution in [-0.2, 0) is 19.7 Å². The molecule has 0 aliphatic carbocycles. The highest BCUT2D eigenvalue weighted by Crippen LogP contribution is 2.19. The van der Waals surface area contributed by atoms with E-state index in [1.165, 1.54) is 0 Å². The third-order valence-corrected chi connectivity index (χ3v) is 3.45. The minimum absolute atomic E-state index is 0. The third kappa shape index (κ3) is 5.76. The van der Waals surface area contributed by atoms with Gasteiger partial charge in [0.2, 0.25) is 5.88 Å². The predicted molar refractivity (Wildman–Crippen MR) is 92.4 cm³/mol. The zero-order valence-corrected chi connectivity index (χ0v) is 15.0. The second kappa shape index (κ2) is 9.59. The van der Waals surface area contributed by atoms with Crippen molar-refractivity contribution in [2.45, 2.75) is 40.0 Å². The maximum absolute atomic E-state index is 13.7. The molecule has 134 valence electrons. The van der Waals surface area contributed by atoms with Gasteiger partial charge in [0, 0.05) is 24.7 Å². The molecule has 0 atom stereocenters. The zero-order chi connectivity index (χ0) is 16.8. The van der Waals surface area contributed by atoms with Crippen LogP contribution in [0, 0.1) is 17.6 Å². The summed E-state index contributed by atoms with van der Waals surface area (Å²) in [5.74, 6) is 0.157. The molecular formula is C17H24ClF2N3O. The van der Waals surface area contributed by atoms with Crippen molar-refractivity contribution in [3.8, 4) is 5.88 Å². The average Bonchev–Trinajstić information content (AvgIpc) is 2.88. The second-order valence-corrected chi connectivity index (χ2v) is 5.93. The van der Waals surface area contributed by atoms with E-state index in [4.69, 9.17) is 4.74 Å². The van der Waals surface area contributed by atoms with Crippen LogP contribution in [0.5, 0.6) is 5.88 Å². The van der Waals surface area contributed by atoms with Gasteiger partial charge >= 0.3 is 0 Å². The lowest BCUT2D eigenvalue weighted by atomic mass is 10.1. The fourth-order valence-electron chi connectivity index (χ4n) is 2.18. The first-order valence-corrected chi connectivity index (χ1v) is 7.77. The molecule has 2 aromatic rings. The molecule has 0 spiro atoms. The quantitative estimate of drug-likeness (QED) is 0.776. The molecule has 0 saturated carbocycles. The van der Waals surface area contributed by atoms with E-state index in [0.29, 0.717) is 18.3 Å². The monoisotopic (exact) mass is 359 g/mol. The van der Waals surface area contributed by atoms with Gasteiger partial charge in [-0.25, -0.2) is 13.5 Å². The Labute approximate surface area is 147 Å². The minimum atomic E-state index is -0.478. The van der Waals surface area contributed by atoms with E-state index in [0.717, 1.165) is 36.9 Å². The van der Waals surface area contributed by atoms with Crippen molar-refractivity contribution in [1.29, 1.82) is 0 Å². The fraction of sp³-hybridized carbons (Fsp3) is 0.471. The number of hydrogen-bond donors (Lipinski definition) is 1. The molecule has 0 unspecified atom stereocenters. The molecule has 24 heavy (non-hydrogen) atoms. The molecule has 0 fully saturated rings. The van der Waals surface area contributed by atoms with Crippen LogP contribution in [0.2, 0.25) is 0 Å². The van der Waals surface area contributed by atoms with E-state index in [1.54, 1.807) is 4.68 Å². The van der Waals surface area contributed by atoms with Gasteiger partial charge < -0.3 is 10.1 Å². The fourth-order valence-corrected chi connectivity index (χ4v) is 2.18. The summed E-state index contributed by atoms with van der Waals surface area (Å²) in [6.45, 7) is 5.60. The lowest BCUT2D eigenvalue weighted by Crippen LogP contribution is -2.09. The number of ether oxygens (including phenoxy) is 1. The van der Waals surface area contributed by atoms with Gasteiger partial charge in [-0.1, -0.05) is 13.8 Å². The highest BCUT2D eigenvalue weighted by molar-refractivity contribution is 5.85. The van der Waals surface area contributed by atoms with E-state index >= 15 is 0 Å². The number of aryl methyl sites for hydroxylation is 1. The molecule has 1 N–H and O–H groups in total. The maximum Gasteiger partial charge on any atom is 0.212 e. The summed E-state index contributed by atoms with van der Waals surface area (Å²) in [6, 6.07) is 5.18. The molecule has 0 aliphatic heterocycles. The van der Waals surface area contributed by atoms with Crippen molar-refractivity contribution in [3.63, 3.8) is 0 Å². The van der Waals surface area contributed by atoms with Crippen LogP contribution in [0.25, 0.3) is 0 Å². The van der Waals surface area contributed by atoms with Crippen molar-refractivity contribution in [3.05, 3.63) is 47.2 Å². The van der Waals surface area contributed by atoms with Gasteiger partial charge in [-0.3, -0.25) is 0 Å². The summed E-state index contributed by atoms with van der Waals surface area (Å²) in [7, 11) is 1.84. The standard InChI is InChI=1S/C17H23F2N3O.ClH/c1-12(2)6-7-22-17(9-15(21-22)10-20-3)23-11-13-8-14(18)4-5-16(13)19;/h4-5,8-9,12,20H,6-7,10-11H2,1-3H3;1H. The van der Waals surface area contributed by atoms with Gasteiger partial charge in [-0.05, 0) is 37.6 Å². The van der Waals surface area contributed by atoms with Gasteiger partial charge in [0.15, 0.2) is 0 Å². The van der Waals surface area contributed by atoms with Crippen molar-refractivity contribution in [1.82, 2.24) is 15.1 Å². The second-order valence-electron chi connectivity index (χ2n) is 5.93. The molecular weight excluding hydrogens is 336 g/mol. The Kier molecular flexibility index (Phi) is 8.15. The van der Waals surface area contributed by atoms with E-state index in [1.807, 2.05) is 13.1 Å². The highest BCUT2D eigenvalue weighted by Gasteiger charge is 2.11. The molecule has 1 aromatic heterocycles. The Morgan fingerprint density at radius 2 is 2.00 bits per heavy atom. The molecule has 1 heterocycles. The molecule has 0 bridgehead atoms. The molecule has 1 aromatic carbocycles. The SMILES string of the molecule is CNCc1cc(OCc2cc(F)ccc2F)n(CCC(C)C)n1.Cl. The van der Waals surface area contributed by atoms with E-state index in [-0.39, 0.29) is 24.6 Å². The summed E-state index contributed by atoms with van der Waals surface area (Å²) in [6.07, 6.45) is 0.964. The van der Waals surface area contributed by atoms with Gasteiger partial charge in [0.1, 0.15) is 18.2 Å². The summed E-state index contributed by atoms with van der Waals surface area (Å²) < 4.78 is 34.4. The maximum atomic E-state index is 13.7. The van der Waals surface area contributed by atoms with Crippen LogP contribution in [0.3, 0.4) is 0 Å². The van der Waals surface area contributed by atoms with Crippen molar-refractivity contribution < 1.29 is 13.5 Å². The molecule has 0 amide bonds. The van der Waals surface area contributed by atoms with Gasteiger partial charge in [0.25, 0.3) is 0 Å². The molecule has 0 saturated heterocycles. The number of hydrogen-bond acceptors (Lipinski definition) is 3. The first-order valence-electron chi connectivity index (χ1n) is 7.77. The molecule has 0 aliphatic rings. The molecule has 4 nitrogen and oxygen atoms in total. The number of rotatable bonds is 8. The van der Waals surface area contributed by atoms with Gasteiger partial charge in [0.05, 0.1) is 5.69 Å². The molecule has 7 heteroatoms. The minimum Gasteiger partial charge on any atom is -0.473 e. The Morgan fingerprint density at radius 1 is 1.25 bits per heavy atom. The number of aromatic nitrogens is 2. The van der Waals surface area contributed by atoms with Crippen LogP contribution < -0.4 is 10.1 Å². The van der Waals surface area contributed by atoms with E-state index in [2.05, 4.69) is 24.3 Å². The Bertz CT molecular complexity index is 647. The summed E-state index contributed by atoms with van der Waals surface area (Å²) in [4.78, 5) is 0. The van der Waals surface area contributed by atoms with Crippen LogP contribution in [0.1, 0.15) is 31.5 Å². The van der Waals surface area contributed by atoms with Crippen LogP contribution in [-0.4, -0.2) is 16.8 Å². The summed E-state index contributed by atoms with van der Waals surface area (Å²) in [5, 5.41) is 7.52. The normalized spacial score (nSPS) is 10.8. The largest absolute Gasteiger partial charge is 0.473 e. The van der Waals surface area contributed by atoms with E-state index in [9.17, 15) is 8.78 Å². The van der Waals surface area contributed by atoms with Crippen molar-refractivity contribution >= 4 is 12.4 Å². The Morgan fingerprint density at radius 3 is 2.67 bits per heavy atom. The van der Waals surface area contributed by atoms with Crippen molar-refractivity contribution in [2.75, 3.05) is 7.05 Å². The zero-order valence-electron chi connectivity index (χ0n) is 14.2. The van der Waals surface area contributed by atoms with Crippen LogP contribution in [0.4, 0.5) is 8.78 Å².